The van der Waals surface area contributed by atoms with E-state index in [9.17, 15) is 0 Å². The molecule has 1 aliphatic rings. The van der Waals surface area contributed by atoms with E-state index in [1.54, 1.807) is 0 Å². The van der Waals surface area contributed by atoms with Gasteiger partial charge < -0.3 is 10.5 Å². The molecule has 0 saturated carbocycles. The van der Waals surface area contributed by atoms with Crippen LogP contribution in [0.1, 0.15) is 26.2 Å². The molecule has 1 saturated heterocycles. The molecule has 1 aliphatic heterocycles. The van der Waals surface area contributed by atoms with E-state index in [1.807, 2.05) is 11.8 Å². The van der Waals surface area contributed by atoms with E-state index >= 15 is 0 Å². The average molecular weight is 189 g/mol. The van der Waals surface area contributed by atoms with Crippen molar-refractivity contribution in [2.24, 2.45) is 5.73 Å². The Labute approximate surface area is 79.2 Å². The highest BCUT2D eigenvalue weighted by atomic mass is 32.2. The summed E-state index contributed by atoms with van der Waals surface area (Å²) in [4.78, 5) is 0. The first kappa shape index (κ1) is 10.4. The van der Waals surface area contributed by atoms with Gasteiger partial charge in [-0.25, -0.2) is 0 Å². The van der Waals surface area contributed by atoms with Crippen molar-refractivity contribution in [3.63, 3.8) is 0 Å². The molecule has 2 atom stereocenters. The molecular formula is C9H19NOS. The van der Waals surface area contributed by atoms with Gasteiger partial charge in [0.25, 0.3) is 0 Å². The monoisotopic (exact) mass is 189 g/mol. The Bertz CT molecular complexity index is 113. The first-order chi connectivity index (χ1) is 5.79. The number of rotatable bonds is 5. The van der Waals surface area contributed by atoms with Gasteiger partial charge in [0.05, 0.1) is 6.10 Å². The summed E-state index contributed by atoms with van der Waals surface area (Å²) in [6.07, 6.45) is 4.16. The summed E-state index contributed by atoms with van der Waals surface area (Å²) in [5, 5.41) is 0. The lowest BCUT2D eigenvalue weighted by atomic mass is 10.3. The van der Waals surface area contributed by atoms with Crippen LogP contribution < -0.4 is 5.73 Å². The van der Waals surface area contributed by atoms with Crippen LogP contribution in [-0.2, 0) is 4.74 Å². The number of hydrogen-bond donors (Lipinski definition) is 1. The average Bonchev–Trinajstić information content (AvgIpc) is 2.49. The molecule has 0 bridgehead atoms. The smallest absolute Gasteiger partial charge is 0.0666 e. The second-order valence-corrected chi connectivity index (χ2v) is 4.63. The minimum atomic E-state index is 0.349. The normalized spacial score (nSPS) is 26.0. The van der Waals surface area contributed by atoms with Gasteiger partial charge in [-0.1, -0.05) is 0 Å². The fourth-order valence-electron chi connectivity index (χ4n) is 1.26. The van der Waals surface area contributed by atoms with Gasteiger partial charge in [-0.2, -0.15) is 11.8 Å². The quantitative estimate of drug-likeness (QED) is 0.668. The molecule has 12 heavy (non-hydrogen) atoms. The standard InChI is InChI=1S/C9H19NOS/c1-8(10)4-6-12-7-9-3-2-5-11-9/h8-9H,2-7,10H2,1H3. The highest BCUT2D eigenvalue weighted by molar-refractivity contribution is 7.99. The van der Waals surface area contributed by atoms with Crippen LogP contribution >= 0.6 is 11.8 Å². The Morgan fingerprint density at radius 3 is 3.08 bits per heavy atom. The third-order valence-electron chi connectivity index (χ3n) is 2.05. The van der Waals surface area contributed by atoms with E-state index in [1.165, 1.54) is 18.6 Å². The van der Waals surface area contributed by atoms with Gasteiger partial charge in [-0.3, -0.25) is 0 Å². The van der Waals surface area contributed by atoms with Crippen LogP contribution in [0, 0.1) is 0 Å². The summed E-state index contributed by atoms with van der Waals surface area (Å²) >= 11 is 1.97. The SMILES string of the molecule is CC(N)CCSCC1CCCO1. The van der Waals surface area contributed by atoms with Gasteiger partial charge in [0, 0.05) is 18.4 Å². The number of nitrogens with two attached hydrogens (primary N) is 1. The molecule has 0 aromatic heterocycles. The lowest BCUT2D eigenvalue weighted by molar-refractivity contribution is 0.129. The molecule has 2 N–H and O–H groups in total. The molecule has 1 fully saturated rings. The van der Waals surface area contributed by atoms with Crippen molar-refractivity contribution in [2.45, 2.75) is 38.3 Å². The maximum absolute atomic E-state index is 5.64. The molecule has 0 aromatic carbocycles. The van der Waals surface area contributed by atoms with Crippen LogP contribution in [0.15, 0.2) is 0 Å². The van der Waals surface area contributed by atoms with E-state index in [4.69, 9.17) is 10.5 Å². The second-order valence-electron chi connectivity index (χ2n) is 3.48. The summed E-state index contributed by atoms with van der Waals surface area (Å²) in [6, 6.07) is 0.349. The van der Waals surface area contributed by atoms with Gasteiger partial charge in [-0.05, 0) is 31.9 Å². The number of thioether (sulfide) groups is 1. The molecule has 0 amide bonds. The summed E-state index contributed by atoms with van der Waals surface area (Å²) in [6.45, 7) is 3.03. The van der Waals surface area contributed by atoms with E-state index in [0.29, 0.717) is 12.1 Å². The summed E-state index contributed by atoms with van der Waals surface area (Å²) in [5.74, 6) is 2.34. The van der Waals surface area contributed by atoms with Crippen LogP contribution in [-0.4, -0.2) is 30.3 Å². The summed E-state index contributed by atoms with van der Waals surface area (Å²) in [7, 11) is 0. The summed E-state index contributed by atoms with van der Waals surface area (Å²) < 4.78 is 5.51. The molecule has 0 aromatic rings. The lowest BCUT2D eigenvalue weighted by Gasteiger charge is -2.09. The predicted octanol–water partition coefficient (Wildman–Crippen LogP) is 1.64. The minimum Gasteiger partial charge on any atom is -0.377 e. The van der Waals surface area contributed by atoms with Gasteiger partial charge in [0.1, 0.15) is 0 Å². The topological polar surface area (TPSA) is 35.2 Å². The zero-order valence-electron chi connectivity index (χ0n) is 7.79. The van der Waals surface area contributed by atoms with Gasteiger partial charge in [0.15, 0.2) is 0 Å². The zero-order valence-corrected chi connectivity index (χ0v) is 8.61. The van der Waals surface area contributed by atoms with Crippen molar-refractivity contribution in [3.05, 3.63) is 0 Å². The van der Waals surface area contributed by atoms with Gasteiger partial charge in [0.2, 0.25) is 0 Å². The maximum Gasteiger partial charge on any atom is 0.0666 e. The Balaban J connectivity index is 1.88. The molecule has 0 aliphatic carbocycles. The maximum atomic E-state index is 5.64. The Morgan fingerprint density at radius 2 is 2.50 bits per heavy atom. The van der Waals surface area contributed by atoms with Crippen LogP contribution in [0.25, 0.3) is 0 Å². The fraction of sp³-hybridized carbons (Fsp3) is 1.00. The van der Waals surface area contributed by atoms with E-state index < -0.39 is 0 Å². The molecule has 3 heteroatoms. The molecular weight excluding hydrogens is 170 g/mol. The molecule has 0 radical (unpaired) electrons. The van der Waals surface area contributed by atoms with Crippen molar-refractivity contribution >= 4 is 11.8 Å². The Hall–Kier alpha value is 0.270. The molecule has 72 valence electrons. The molecule has 2 nitrogen and oxygen atoms in total. The van der Waals surface area contributed by atoms with Crippen LogP contribution in [0.2, 0.25) is 0 Å². The van der Waals surface area contributed by atoms with Gasteiger partial charge >= 0.3 is 0 Å². The first-order valence-corrected chi connectivity index (χ1v) is 5.89. The van der Waals surface area contributed by atoms with Crippen LogP contribution in [0.4, 0.5) is 0 Å². The largest absolute Gasteiger partial charge is 0.377 e. The van der Waals surface area contributed by atoms with Gasteiger partial charge in [-0.15, -0.1) is 0 Å². The van der Waals surface area contributed by atoms with Crippen molar-refractivity contribution in [3.8, 4) is 0 Å². The first-order valence-electron chi connectivity index (χ1n) is 4.74. The Morgan fingerprint density at radius 1 is 1.67 bits per heavy atom. The van der Waals surface area contributed by atoms with Crippen molar-refractivity contribution in [1.29, 1.82) is 0 Å². The minimum absolute atomic E-state index is 0.349. The van der Waals surface area contributed by atoms with E-state index in [2.05, 4.69) is 6.92 Å². The number of ether oxygens (including phenoxy) is 1. The molecule has 0 spiro atoms. The predicted molar refractivity (Wildman–Crippen MR) is 54.6 cm³/mol. The molecule has 1 heterocycles. The third-order valence-corrected chi connectivity index (χ3v) is 3.18. The third kappa shape index (κ3) is 4.33. The zero-order chi connectivity index (χ0) is 8.81. The van der Waals surface area contributed by atoms with Crippen molar-refractivity contribution in [2.75, 3.05) is 18.1 Å². The Kier molecular flexibility index (Phi) is 5.04. The van der Waals surface area contributed by atoms with Crippen LogP contribution in [0.5, 0.6) is 0 Å². The van der Waals surface area contributed by atoms with E-state index in [-0.39, 0.29) is 0 Å². The number of hydrogen-bond acceptors (Lipinski definition) is 3. The van der Waals surface area contributed by atoms with Crippen molar-refractivity contribution < 1.29 is 4.74 Å². The lowest BCUT2D eigenvalue weighted by Crippen LogP contribution is -2.16. The molecule has 2 unspecified atom stereocenters. The highest BCUT2D eigenvalue weighted by Crippen LogP contribution is 2.17. The van der Waals surface area contributed by atoms with Crippen LogP contribution in [0.3, 0.4) is 0 Å². The highest BCUT2D eigenvalue weighted by Gasteiger charge is 2.14. The second kappa shape index (κ2) is 5.84. The molecule has 1 rings (SSSR count). The fourth-order valence-corrected chi connectivity index (χ4v) is 2.49. The summed E-state index contributed by atoms with van der Waals surface area (Å²) in [5.41, 5.74) is 5.64. The van der Waals surface area contributed by atoms with E-state index in [0.717, 1.165) is 18.8 Å². The van der Waals surface area contributed by atoms with Crippen molar-refractivity contribution in [1.82, 2.24) is 0 Å².